The minimum Gasteiger partial charge on any atom is -0.504 e. The molecule has 2 aliphatic heterocycles. The third kappa shape index (κ3) is 1.78. The molecule has 2 bridgehead atoms. The van der Waals surface area contributed by atoms with E-state index in [-0.39, 0.29) is 30.3 Å². The van der Waals surface area contributed by atoms with Gasteiger partial charge in [-0.3, -0.25) is 4.90 Å². The Morgan fingerprint density at radius 2 is 2.08 bits per heavy atom. The fraction of sp³-hybridized carbons (Fsp3) is 0.619. The molecule has 1 aromatic rings. The van der Waals surface area contributed by atoms with Crippen LogP contribution in [0.25, 0.3) is 0 Å². The van der Waals surface area contributed by atoms with Crippen molar-refractivity contribution < 1.29 is 14.9 Å². The van der Waals surface area contributed by atoms with Crippen LogP contribution in [0.15, 0.2) is 24.3 Å². The Bertz CT molecular complexity index is 807. The summed E-state index contributed by atoms with van der Waals surface area (Å²) < 4.78 is 6.29. The number of nitrogens with zero attached hydrogens (tertiary/aromatic N) is 1. The molecule has 1 spiro atoms. The van der Waals surface area contributed by atoms with Crippen molar-refractivity contribution in [1.29, 1.82) is 0 Å². The number of benzene rings is 1. The topological polar surface area (TPSA) is 52.9 Å². The zero-order valence-corrected chi connectivity index (χ0v) is 15.7. The normalized spacial score (nSPS) is 39.8. The Labute approximate surface area is 160 Å². The maximum atomic E-state index is 12.1. The molecule has 3 aliphatic carbocycles. The van der Waals surface area contributed by atoms with E-state index in [0.29, 0.717) is 5.75 Å². The highest BCUT2D eigenvalue weighted by molar-refractivity contribution is 5.85. The summed E-state index contributed by atoms with van der Waals surface area (Å²) in [6.07, 6.45) is 5.79. The number of phenolic OH excluding ortho intramolecular Hbond substituents is 1. The van der Waals surface area contributed by atoms with E-state index >= 15 is 0 Å². The molecule has 5 aliphatic rings. The number of halogens is 1. The van der Waals surface area contributed by atoms with Crippen molar-refractivity contribution in [3.63, 3.8) is 0 Å². The van der Waals surface area contributed by atoms with Gasteiger partial charge >= 0.3 is 0 Å². The molecule has 1 saturated heterocycles. The average Bonchev–Trinajstić information content (AvgIpc) is 3.32. The van der Waals surface area contributed by atoms with Crippen LogP contribution in [0, 0.1) is 5.92 Å². The van der Waals surface area contributed by atoms with Crippen LogP contribution < -0.4 is 4.74 Å². The Kier molecular flexibility index (Phi) is 3.37. The van der Waals surface area contributed by atoms with Crippen LogP contribution in [0.1, 0.15) is 43.2 Å². The highest BCUT2D eigenvalue weighted by Gasteiger charge is 2.71. The summed E-state index contributed by atoms with van der Waals surface area (Å²) in [5.41, 5.74) is 2.21. The number of hydrogen-bond donors (Lipinski definition) is 2. The molecule has 2 heterocycles. The molecule has 26 heavy (non-hydrogen) atoms. The van der Waals surface area contributed by atoms with Gasteiger partial charge in [0.2, 0.25) is 0 Å². The number of aliphatic hydroxyl groups is 1. The lowest BCUT2D eigenvalue weighted by Gasteiger charge is -2.63. The monoisotopic (exact) mass is 375 g/mol. The minimum atomic E-state index is -0.780. The molecule has 3 fully saturated rings. The van der Waals surface area contributed by atoms with E-state index in [1.54, 1.807) is 6.07 Å². The summed E-state index contributed by atoms with van der Waals surface area (Å²) in [4.78, 5) is 2.56. The third-order valence-corrected chi connectivity index (χ3v) is 7.71. The van der Waals surface area contributed by atoms with E-state index in [2.05, 4.69) is 11.5 Å². The fourth-order valence-corrected chi connectivity index (χ4v) is 6.39. The maximum absolute atomic E-state index is 12.1. The predicted molar refractivity (Wildman–Crippen MR) is 101 cm³/mol. The molecule has 0 unspecified atom stereocenters. The van der Waals surface area contributed by atoms with Gasteiger partial charge in [0, 0.05) is 18.2 Å². The molecule has 4 atom stereocenters. The number of hydrogen-bond acceptors (Lipinski definition) is 4. The first-order valence-corrected chi connectivity index (χ1v) is 9.71. The quantitative estimate of drug-likeness (QED) is 0.780. The first-order chi connectivity index (χ1) is 12.0. The van der Waals surface area contributed by atoms with E-state index in [9.17, 15) is 10.2 Å². The fourth-order valence-electron chi connectivity index (χ4n) is 6.39. The first kappa shape index (κ1) is 16.9. The lowest BCUT2D eigenvalue weighted by atomic mass is 9.48. The second-order valence-corrected chi connectivity index (χ2v) is 8.91. The van der Waals surface area contributed by atoms with E-state index in [1.165, 1.54) is 18.4 Å². The lowest BCUT2D eigenvalue weighted by molar-refractivity contribution is -0.174. The number of rotatable bonds is 2. The molecule has 0 aromatic heterocycles. The summed E-state index contributed by atoms with van der Waals surface area (Å²) >= 11 is 0. The number of ether oxygens (including phenoxy) is 1. The van der Waals surface area contributed by atoms with E-state index in [0.717, 1.165) is 55.8 Å². The summed E-state index contributed by atoms with van der Waals surface area (Å²) in [6, 6.07) is 3.96. The number of aromatic hydroxyl groups is 1. The molecule has 4 nitrogen and oxygen atoms in total. The van der Waals surface area contributed by atoms with Crippen molar-refractivity contribution in [3.05, 3.63) is 35.4 Å². The first-order valence-electron chi connectivity index (χ1n) is 9.71. The van der Waals surface area contributed by atoms with Gasteiger partial charge in [-0.15, -0.1) is 12.4 Å². The minimum absolute atomic E-state index is 0. The second kappa shape index (κ2) is 5.18. The van der Waals surface area contributed by atoms with E-state index in [1.807, 2.05) is 6.07 Å². The highest BCUT2D eigenvalue weighted by Crippen LogP contribution is 2.66. The zero-order valence-electron chi connectivity index (χ0n) is 14.9. The van der Waals surface area contributed by atoms with Crippen LogP contribution in [0.2, 0.25) is 0 Å². The number of piperidine rings is 1. The van der Waals surface area contributed by atoms with E-state index in [4.69, 9.17) is 4.74 Å². The number of likely N-dealkylation sites (tertiary alicyclic amines) is 1. The highest BCUT2D eigenvalue weighted by atomic mass is 35.5. The second-order valence-electron chi connectivity index (χ2n) is 8.91. The zero-order chi connectivity index (χ0) is 17.0. The van der Waals surface area contributed by atoms with Gasteiger partial charge < -0.3 is 14.9 Å². The standard InChI is InChI=1S/C21H25NO3.ClH/c1-12-6-7-21(24)16-10-14-4-5-15(23)18-17(14)20(21,19(12)25-18)8-9-22(16)11-13-2-3-13;/h4-5,13,16,19,23-24H,1-3,6-11H2;1H/t16-,19+,20-,21+;/m0./s1. The van der Waals surface area contributed by atoms with Crippen LogP contribution in [-0.4, -0.2) is 45.9 Å². The smallest absolute Gasteiger partial charge is 0.166 e. The van der Waals surface area contributed by atoms with Crippen molar-refractivity contribution in [3.8, 4) is 11.5 Å². The maximum Gasteiger partial charge on any atom is 0.166 e. The number of phenols is 1. The molecule has 0 amide bonds. The molecule has 6 rings (SSSR count). The Morgan fingerprint density at radius 1 is 1.27 bits per heavy atom. The van der Waals surface area contributed by atoms with Gasteiger partial charge in [-0.05, 0) is 68.2 Å². The van der Waals surface area contributed by atoms with Gasteiger partial charge in [0.1, 0.15) is 6.10 Å². The molecule has 2 N–H and O–H groups in total. The summed E-state index contributed by atoms with van der Waals surface area (Å²) in [5.74, 6) is 1.64. The van der Waals surface area contributed by atoms with Crippen molar-refractivity contribution in [2.75, 3.05) is 13.1 Å². The van der Waals surface area contributed by atoms with Crippen LogP contribution >= 0.6 is 12.4 Å². The van der Waals surface area contributed by atoms with Crippen LogP contribution in [0.4, 0.5) is 0 Å². The van der Waals surface area contributed by atoms with Gasteiger partial charge in [-0.25, -0.2) is 0 Å². The summed E-state index contributed by atoms with van der Waals surface area (Å²) in [6.45, 7) is 6.40. The third-order valence-electron chi connectivity index (χ3n) is 7.71. The van der Waals surface area contributed by atoms with Gasteiger partial charge in [0.05, 0.1) is 11.0 Å². The largest absolute Gasteiger partial charge is 0.504 e. The van der Waals surface area contributed by atoms with Gasteiger partial charge in [0.25, 0.3) is 0 Å². The van der Waals surface area contributed by atoms with Crippen molar-refractivity contribution in [1.82, 2.24) is 4.90 Å². The Morgan fingerprint density at radius 3 is 2.85 bits per heavy atom. The van der Waals surface area contributed by atoms with Gasteiger partial charge in [0.15, 0.2) is 11.5 Å². The van der Waals surface area contributed by atoms with Gasteiger partial charge in [-0.2, -0.15) is 0 Å². The SMILES string of the molecule is C=C1CC[C@@]2(O)[C@@H]3Cc4ccc(O)c5c4[C@@]2(CCN3CC2CC2)[C@@H]1O5.Cl. The summed E-state index contributed by atoms with van der Waals surface area (Å²) in [5, 5.41) is 22.5. The van der Waals surface area contributed by atoms with Crippen LogP contribution in [0.5, 0.6) is 11.5 Å². The lowest BCUT2D eigenvalue weighted by Crippen LogP contribution is -2.75. The molecular formula is C21H26ClNO3. The van der Waals surface area contributed by atoms with Crippen molar-refractivity contribution in [2.24, 2.45) is 5.92 Å². The molecule has 5 heteroatoms. The van der Waals surface area contributed by atoms with Crippen LogP contribution in [0.3, 0.4) is 0 Å². The molecule has 1 aromatic carbocycles. The van der Waals surface area contributed by atoms with Crippen molar-refractivity contribution in [2.45, 2.75) is 61.7 Å². The average molecular weight is 376 g/mol. The molecule has 140 valence electrons. The van der Waals surface area contributed by atoms with Crippen LogP contribution in [-0.2, 0) is 11.8 Å². The Balaban J connectivity index is 0.00000150. The van der Waals surface area contributed by atoms with Crippen molar-refractivity contribution >= 4 is 12.4 Å². The molecular weight excluding hydrogens is 350 g/mol. The molecule has 0 radical (unpaired) electrons. The predicted octanol–water partition coefficient (Wildman–Crippen LogP) is 2.93. The van der Waals surface area contributed by atoms with Gasteiger partial charge in [-0.1, -0.05) is 12.6 Å². The van der Waals surface area contributed by atoms with E-state index < -0.39 is 11.0 Å². The molecule has 2 saturated carbocycles. The Hall–Kier alpha value is -1.23. The summed E-state index contributed by atoms with van der Waals surface area (Å²) in [7, 11) is 0.